The summed E-state index contributed by atoms with van der Waals surface area (Å²) in [5.74, 6) is 1.52. The molecule has 1 aliphatic heterocycles. The van der Waals surface area contributed by atoms with Crippen molar-refractivity contribution in [3.8, 4) is 0 Å². The summed E-state index contributed by atoms with van der Waals surface area (Å²) in [4.78, 5) is 14.9. The number of anilines is 1. The molecule has 1 N–H and O–H groups in total. The summed E-state index contributed by atoms with van der Waals surface area (Å²) in [7, 11) is 0. The number of amides is 1. The van der Waals surface area contributed by atoms with Gasteiger partial charge in [-0.25, -0.2) is 0 Å². The van der Waals surface area contributed by atoms with Crippen molar-refractivity contribution in [3.63, 3.8) is 0 Å². The Morgan fingerprint density at radius 2 is 1.96 bits per heavy atom. The first-order valence-corrected chi connectivity index (χ1v) is 9.99. The number of nitrogens with zero attached hydrogens (tertiary/aromatic N) is 5. The van der Waals surface area contributed by atoms with Crippen molar-refractivity contribution in [3.05, 3.63) is 54.4 Å². The molecule has 7 nitrogen and oxygen atoms in total. The number of hydrogen-bond acceptors (Lipinski definition) is 5. The molecule has 0 aliphatic carbocycles. The molecular weight excluding hydrogens is 352 g/mol. The number of carbonyl (C=O) groups excluding carboxylic acids is 1. The van der Waals surface area contributed by atoms with Crippen LogP contribution in [0.5, 0.6) is 0 Å². The molecule has 28 heavy (non-hydrogen) atoms. The Hall–Kier alpha value is -2.96. The van der Waals surface area contributed by atoms with Crippen LogP contribution in [-0.2, 0) is 4.79 Å². The van der Waals surface area contributed by atoms with Gasteiger partial charge in [0, 0.05) is 31.5 Å². The lowest BCUT2D eigenvalue weighted by atomic mass is 9.94. The average Bonchev–Trinajstić information content (AvgIpc) is 3.23. The number of aromatic nitrogens is 4. The van der Waals surface area contributed by atoms with E-state index in [2.05, 4.69) is 56.7 Å². The average molecular weight is 378 g/mol. The van der Waals surface area contributed by atoms with Gasteiger partial charge >= 0.3 is 0 Å². The number of hydrogen-bond donors (Lipinski definition) is 1. The van der Waals surface area contributed by atoms with Crippen LogP contribution in [0.4, 0.5) is 5.82 Å². The third-order valence-corrected chi connectivity index (χ3v) is 5.62. The topological polar surface area (TPSA) is 75.4 Å². The fourth-order valence-corrected chi connectivity index (χ4v) is 3.85. The third kappa shape index (κ3) is 3.98. The smallest absolute Gasteiger partial charge is 0.223 e. The summed E-state index contributed by atoms with van der Waals surface area (Å²) in [5, 5.41) is 15.6. The molecule has 3 heterocycles. The van der Waals surface area contributed by atoms with Gasteiger partial charge in [-0.1, -0.05) is 37.3 Å². The van der Waals surface area contributed by atoms with E-state index in [4.69, 9.17) is 0 Å². The Balaban J connectivity index is 1.30. The van der Waals surface area contributed by atoms with Crippen LogP contribution in [0.15, 0.2) is 48.8 Å². The van der Waals surface area contributed by atoms with Gasteiger partial charge in [-0.3, -0.25) is 4.79 Å². The van der Waals surface area contributed by atoms with Gasteiger partial charge in [0.25, 0.3) is 0 Å². The summed E-state index contributed by atoms with van der Waals surface area (Å²) in [6.45, 7) is 4.52. The molecule has 1 amide bonds. The van der Waals surface area contributed by atoms with Crippen LogP contribution in [0.25, 0.3) is 5.65 Å². The lowest BCUT2D eigenvalue weighted by Crippen LogP contribution is -2.41. The first-order valence-electron chi connectivity index (χ1n) is 9.99. The van der Waals surface area contributed by atoms with Crippen LogP contribution in [0.3, 0.4) is 0 Å². The molecule has 2 aromatic heterocycles. The normalized spacial score (nSPS) is 16.2. The lowest BCUT2D eigenvalue weighted by Gasteiger charge is -2.32. The summed E-state index contributed by atoms with van der Waals surface area (Å²) < 4.78 is 1.68. The number of carbonyl (C=O) groups is 1. The second-order valence-electron chi connectivity index (χ2n) is 7.35. The van der Waals surface area contributed by atoms with E-state index in [-0.39, 0.29) is 11.8 Å². The third-order valence-electron chi connectivity index (χ3n) is 5.62. The molecule has 1 saturated heterocycles. The minimum absolute atomic E-state index is 0.0724. The van der Waals surface area contributed by atoms with Crippen molar-refractivity contribution in [2.75, 3.05) is 24.5 Å². The summed E-state index contributed by atoms with van der Waals surface area (Å²) in [6, 6.07) is 14.3. The second-order valence-corrected chi connectivity index (χ2v) is 7.35. The molecule has 7 heteroatoms. The fourth-order valence-electron chi connectivity index (χ4n) is 3.85. The van der Waals surface area contributed by atoms with Crippen molar-refractivity contribution < 1.29 is 4.79 Å². The summed E-state index contributed by atoms with van der Waals surface area (Å²) in [5.41, 5.74) is 2.03. The molecule has 0 bridgehead atoms. The molecule has 0 radical (unpaired) electrons. The van der Waals surface area contributed by atoms with Crippen LogP contribution in [0.1, 0.15) is 37.7 Å². The van der Waals surface area contributed by atoms with E-state index in [1.165, 1.54) is 5.56 Å². The highest BCUT2D eigenvalue weighted by molar-refractivity contribution is 5.79. The maximum Gasteiger partial charge on any atom is 0.223 e. The Morgan fingerprint density at radius 1 is 1.18 bits per heavy atom. The van der Waals surface area contributed by atoms with Gasteiger partial charge in [-0.15, -0.1) is 15.3 Å². The van der Waals surface area contributed by atoms with Crippen LogP contribution >= 0.6 is 0 Å². The summed E-state index contributed by atoms with van der Waals surface area (Å²) in [6.07, 6.45) is 4.31. The van der Waals surface area contributed by atoms with Gasteiger partial charge in [-0.2, -0.15) is 4.52 Å². The van der Waals surface area contributed by atoms with E-state index in [1.54, 1.807) is 10.8 Å². The molecule has 1 aliphatic rings. The highest BCUT2D eigenvalue weighted by Gasteiger charge is 2.26. The van der Waals surface area contributed by atoms with Crippen LogP contribution in [-0.4, -0.2) is 45.4 Å². The Bertz CT molecular complexity index is 917. The van der Waals surface area contributed by atoms with Crippen LogP contribution in [0, 0.1) is 5.92 Å². The van der Waals surface area contributed by atoms with E-state index in [0.717, 1.165) is 43.8 Å². The van der Waals surface area contributed by atoms with Gasteiger partial charge in [0.2, 0.25) is 5.91 Å². The fraction of sp³-hybridized carbons (Fsp3) is 0.429. The Morgan fingerprint density at radius 3 is 2.71 bits per heavy atom. The van der Waals surface area contributed by atoms with Crippen molar-refractivity contribution in [1.29, 1.82) is 0 Å². The number of rotatable bonds is 6. The first-order chi connectivity index (χ1) is 13.7. The van der Waals surface area contributed by atoms with Gasteiger partial charge in [0.05, 0.1) is 0 Å². The predicted octanol–water partition coefficient (Wildman–Crippen LogP) is 2.65. The Kier molecular flexibility index (Phi) is 5.50. The molecule has 146 valence electrons. The van der Waals surface area contributed by atoms with Crippen LogP contribution < -0.4 is 10.2 Å². The highest BCUT2D eigenvalue weighted by atomic mass is 16.1. The second kappa shape index (κ2) is 8.37. The molecule has 3 aromatic rings. The van der Waals surface area contributed by atoms with Gasteiger partial charge in [-0.05, 0) is 37.0 Å². The minimum atomic E-state index is 0.0724. The molecule has 0 spiro atoms. The zero-order valence-electron chi connectivity index (χ0n) is 16.2. The molecule has 0 unspecified atom stereocenters. The summed E-state index contributed by atoms with van der Waals surface area (Å²) >= 11 is 0. The van der Waals surface area contributed by atoms with Crippen molar-refractivity contribution in [2.45, 2.75) is 32.1 Å². The zero-order valence-corrected chi connectivity index (χ0v) is 16.2. The van der Waals surface area contributed by atoms with E-state index < -0.39 is 0 Å². The zero-order chi connectivity index (χ0) is 19.3. The largest absolute Gasteiger partial charge is 0.355 e. The number of piperidine rings is 1. The monoisotopic (exact) mass is 378 g/mol. The van der Waals surface area contributed by atoms with Gasteiger partial charge in [0.15, 0.2) is 5.65 Å². The van der Waals surface area contributed by atoms with E-state index in [0.29, 0.717) is 12.5 Å². The highest BCUT2D eigenvalue weighted by Crippen LogP contribution is 2.23. The molecular formula is C21H26N6O. The first kappa shape index (κ1) is 18.4. The van der Waals surface area contributed by atoms with E-state index in [1.807, 2.05) is 18.2 Å². The molecule has 1 fully saturated rings. The van der Waals surface area contributed by atoms with Crippen molar-refractivity contribution in [2.24, 2.45) is 5.92 Å². The maximum absolute atomic E-state index is 12.7. The maximum atomic E-state index is 12.7. The lowest BCUT2D eigenvalue weighted by molar-refractivity contribution is -0.125. The van der Waals surface area contributed by atoms with E-state index >= 15 is 0 Å². The van der Waals surface area contributed by atoms with Gasteiger partial charge in [0.1, 0.15) is 12.1 Å². The number of fused-ring (bicyclic) bond motifs is 1. The van der Waals surface area contributed by atoms with E-state index in [9.17, 15) is 4.79 Å². The van der Waals surface area contributed by atoms with Crippen molar-refractivity contribution in [1.82, 2.24) is 25.1 Å². The minimum Gasteiger partial charge on any atom is -0.355 e. The molecule has 1 aromatic carbocycles. The standard InChI is InChI=1S/C21H26N6O/c1-2-16(17-6-4-3-5-7-17)14-22-21(28)18-10-12-26(13-11-18)20-9-8-19-24-23-15-27(19)25-20/h3-9,15-16,18H,2,10-14H2,1H3,(H,22,28)/t16-/m1/s1. The molecule has 4 rings (SSSR count). The van der Waals surface area contributed by atoms with Crippen LogP contribution in [0.2, 0.25) is 0 Å². The SMILES string of the molecule is CC[C@H](CNC(=O)C1CCN(c2ccc3nncn3n2)CC1)c1ccccc1. The van der Waals surface area contributed by atoms with Gasteiger partial charge < -0.3 is 10.2 Å². The quantitative estimate of drug-likeness (QED) is 0.714. The number of nitrogens with one attached hydrogen (secondary N) is 1. The molecule has 0 saturated carbocycles. The van der Waals surface area contributed by atoms with Crippen molar-refractivity contribution >= 4 is 17.4 Å². The molecule has 1 atom stereocenters. The number of benzene rings is 1. The predicted molar refractivity (Wildman–Crippen MR) is 108 cm³/mol. The Labute approximate surface area is 164 Å².